The molecule has 3 aromatic rings. The van der Waals surface area contributed by atoms with Crippen LogP contribution >= 0.6 is 23.1 Å². The molecule has 0 spiro atoms. The van der Waals surface area contributed by atoms with E-state index in [1.54, 1.807) is 0 Å². The number of anilines is 1. The van der Waals surface area contributed by atoms with Gasteiger partial charge in [0.05, 0.1) is 5.69 Å². The summed E-state index contributed by atoms with van der Waals surface area (Å²) in [6.45, 7) is 5.18. The quantitative estimate of drug-likeness (QED) is 0.379. The van der Waals surface area contributed by atoms with E-state index < -0.39 is 11.7 Å². The molecule has 146 valence electrons. The number of allylic oxidation sites excluding steroid dienone is 2. The van der Waals surface area contributed by atoms with Crippen LogP contribution < -0.4 is 33.4 Å². The van der Waals surface area contributed by atoms with Crippen molar-refractivity contribution in [3.63, 3.8) is 0 Å². The molecule has 0 aliphatic carbocycles. The van der Waals surface area contributed by atoms with Crippen LogP contribution in [0.15, 0.2) is 70.4 Å². The minimum Gasteiger partial charge on any atom is -1.00 e. The van der Waals surface area contributed by atoms with Gasteiger partial charge in [0, 0.05) is 23.6 Å². The molecule has 4 rings (SSSR count). The van der Waals surface area contributed by atoms with Gasteiger partial charge in [-0.2, -0.15) is 8.96 Å². The lowest BCUT2D eigenvalue weighted by molar-refractivity contribution is -0.666. The summed E-state index contributed by atoms with van der Waals surface area (Å²) in [7, 11) is 0. The Balaban J connectivity index is 0.00000225. The zero-order valence-electron chi connectivity index (χ0n) is 15.5. The van der Waals surface area contributed by atoms with Crippen molar-refractivity contribution in [3.8, 4) is 0 Å². The highest BCUT2D eigenvalue weighted by Gasteiger charge is 2.28. The molecule has 0 bridgehead atoms. The number of thioether (sulfide) groups is 1. The molecule has 0 fully saturated rings. The van der Waals surface area contributed by atoms with Gasteiger partial charge in [-0.05, 0) is 32.0 Å². The Kier molecular flexibility index (Phi) is 6.77. The summed E-state index contributed by atoms with van der Waals surface area (Å²) in [5, 5.41) is 0.885. The van der Waals surface area contributed by atoms with Crippen LogP contribution in [-0.4, -0.2) is 6.54 Å². The van der Waals surface area contributed by atoms with Crippen molar-refractivity contribution in [2.75, 3.05) is 11.4 Å². The zero-order chi connectivity index (χ0) is 19.0. The van der Waals surface area contributed by atoms with Crippen molar-refractivity contribution in [1.29, 1.82) is 0 Å². The molecular formula is C21H19F2IN2S2. The highest BCUT2D eigenvalue weighted by Crippen LogP contribution is 2.47. The Labute approximate surface area is 188 Å². The Hall–Kier alpha value is -1.45. The third-order valence-electron chi connectivity index (χ3n) is 4.51. The lowest BCUT2D eigenvalue weighted by Gasteiger charge is -2.17. The molecule has 28 heavy (non-hydrogen) atoms. The fourth-order valence-electron chi connectivity index (χ4n) is 3.29. The molecular weight excluding hydrogens is 509 g/mol. The van der Waals surface area contributed by atoms with Crippen LogP contribution in [0.25, 0.3) is 16.0 Å². The molecule has 0 N–H and O–H groups in total. The Morgan fingerprint density at radius 1 is 1.07 bits per heavy atom. The molecule has 2 aromatic carbocycles. The van der Waals surface area contributed by atoms with E-state index in [1.165, 1.54) is 23.1 Å². The number of hydrogen-bond acceptors (Lipinski definition) is 3. The van der Waals surface area contributed by atoms with E-state index in [4.69, 9.17) is 0 Å². The van der Waals surface area contributed by atoms with Gasteiger partial charge in [-0.3, -0.25) is 0 Å². The third-order valence-corrected chi connectivity index (χ3v) is 6.86. The molecule has 0 radical (unpaired) electrons. The van der Waals surface area contributed by atoms with Crippen LogP contribution in [0.4, 0.5) is 14.5 Å². The SMILES string of the molecule is CCN1C(=C(F)C=C(F)c2sc3ccccc3[n+]2CC)Sc2ccccc21.[I-]. The first-order valence-corrected chi connectivity index (χ1v) is 10.5. The Morgan fingerprint density at radius 3 is 2.54 bits per heavy atom. The molecule has 1 aliphatic rings. The second kappa shape index (κ2) is 8.92. The second-order valence-corrected chi connectivity index (χ2v) is 8.14. The van der Waals surface area contributed by atoms with Crippen molar-refractivity contribution in [1.82, 2.24) is 0 Å². The molecule has 2 nitrogen and oxygen atoms in total. The fraction of sp³-hybridized carbons (Fsp3) is 0.190. The lowest BCUT2D eigenvalue weighted by Crippen LogP contribution is -3.00. The predicted molar refractivity (Wildman–Crippen MR) is 110 cm³/mol. The minimum absolute atomic E-state index is 0. The summed E-state index contributed by atoms with van der Waals surface area (Å²) in [5.41, 5.74) is 1.93. The maximum atomic E-state index is 15.0. The number of thiazole rings is 1. The summed E-state index contributed by atoms with van der Waals surface area (Å²) in [4.78, 5) is 2.88. The molecule has 0 saturated carbocycles. The summed E-state index contributed by atoms with van der Waals surface area (Å²) in [6, 6.07) is 15.6. The molecule has 0 unspecified atom stereocenters. The van der Waals surface area contributed by atoms with Gasteiger partial charge in [-0.15, -0.1) is 0 Å². The molecule has 0 amide bonds. The van der Waals surface area contributed by atoms with Crippen molar-refractivity contribution in [3.05, 3.63) is 70.5 Å². The van der Waals surface area contributed by atoms with Gasteiger partial charge >= 0.3 is 0 Å². The topological polar surface area (TPSA) is 7.12 Å². The first-order chi connectivity index (χ1) is 13.1. The predicted octanol–water partition coefficient (Wildman–Crippen LogP) is 3.29. The van der Waals surface area contributed by atoms with E-state index in [0.717, 1.165) is 26.9 Å². The van der Waals surface area contributed by atoms with Crippen LogP contribution in [0.1, 0.15) is 18.9 Å². The maximum absolute atomic E-state index is 15.0. The van der Waals surface area contributed by atoms with Crippen molar-refractivity contribution >= 4 is 44.8 Å². The van der Waals surface area contributed by atoms with Gasteiger partial charge in [-0.1, -0.05) is 47.4 Å². The van der Waals surface area contributed by atoms with Crippen LogP contribution in [0.5, 0.6) is 0 Å². The average Bonchev–Trinajstić information content (AvgIpc) is 3.25. The highest BCUT2D eigenvalue weighted by molar-refractivity contribution is 8.03. The number of aromatic nitrogens is 1. The summed E-state index contributed by atoms with van der Waals surface area (Å²) < 4.78 is 32.9. The molecule has 0 saturated heterocycles. The number of fused-ring (bicyclic) bond motifs is 2. The van der Waals surface area contributed by atoms with Gasteiger partial charge in [0.15, 0.2) is 5.83 Å². The first kappa shape index (κ1) is 21.3. The largest absolute Gasteiger partial charge is 1.00 e. The van der Waals surface area contributed by atoms with Crippen molar-refractivity contribution in [2.24, 2.45) is 0 Å². The van der Waals surface area contributed by atoms with Gasteiger partial charge in [-0.25, -0.2) is 4.39 Å². The molecule has 1 aliphatic heterocycles. The molecule has 7 heteroatoms. The van der Waals surface area contributed by atoms with E-state index in [2.05, 4.69) is 0 Å². The zero-order valence-corrected chi connectivity index (χ0v) is 19.2. The average molecular weight is 528 g/mol. The number of benzene rings is 2. The molecule has 0 atom stereocenters. The fourth-order valence-corrected chi connectivity index (χ4v) is 5.55. The van der Waals surface area contributed by atoms with Crippen molar-refractivity contribution < 1.29 is 37.3 Å². The smallest absolute Gasteiger partial charge is 0.299 e. The minimum atomic E-state index is -0.546. The van der Waals surface area contributed by atoms with E-state index >= 15 is 8.78 Å². The number of rotatable bonds is 4. The summed E-state index contributed by atoms with van der Waals surface area (Å²) in [6.07, 6.45) is 1.02. The monoisotopic (exact) mass is 528 g/mol. The van der Waals surface area contributed by atoms with Crippen LogP contribution in [-0.2, 0) is 6.54 Å². The molecule has 1 aromatic heterocycles. The van der Waals surface area contributed by atoms with Crippen LogP contribution in [0.2, 0.25) is 0 Å². The molecule has 2 heterocycles. The summed E-state index contributed by atoms with van der Waals surface area (Å²) in [5.74, 6) is -1.09. The number of aryl methyl sites for hydroxylation is 1. The Morgan fingerprint density at radius 2 is 1.79 bits per heavy atom. The first-order valence-electron chi connectivity index (χ1n) is 8.87. The van der Waals surface area contributed by atoms with Crippen LogP contribution in [0, 0.1) is 0 Å². The number of nitrogens with zero attached hydrogens (tertiary/aromatic N) is 2. The normalized spacial score (nSPS) is 15.6. The van der Waals surface area contributed by atoms with E-state index in [9.17, 15) is 0 Å². The second-order valence-electron chi connectivity index (χ2n) is 6.08. The summed E-state index contributed by atoms with van der Waals surface area (Å²) >= 11 is 2.69. The van der Waals surface area contributed by atoms with E-state index in [0.29, 0.717) is 23.1 Å². The van der Waals surface area contributed by atoms with Gasteiger partial charge in [0.2, 0.25) is 11.3 Å². The number of hydrogen-bond donors (Lipinski definition) is 0. The van der Waals surface area contributed by atoms with Crippen molar-refractivity contribution in [2.45, 2.75) is 25.3 Å². The third kappa shape index (κ3) is 3.71. The maximum Gasteiger partial charge on any atom is 0.299 e. The number of halogens is 3. The Bertz CT molecular complexity index is 1080. The van der Waals surface area contributed by atoms with Gasteiger partial charge in [0.25, 0.3) is 5.01 Å². The van der Waals surface area contributed by atoms with E-state index in [-0.39, 0.29) is 24.0 Å². The van der Waals surface area contributed by atoms with Gasteiger partial charge in [0.1, 0.15) is 16.3 Å². The van der Waals surface area contributed by atoms with Gasteiger partial charge < -0.3 is 28.9 Å². The standard InChI is InChI=1S/C21H19F2N2S2.HI/c1-3-24-16-9-5-7-11-18(16)26-20(24)14(22)13-15(23)21-25(4-2)17-10-6-8-12-19(17)27-21;/h5-13H,3-4H2,1-2H3;1H/q+1;/p-1. The van der Waals surface area contributed by atoms with Crippen LogP contribution in [0.3, 0.4) is 0 Å². The lowest BCUT2D eigenvalue weighted by atomic mass is 10.3. The highest BCUT2D eigenvalue weighted by atomic mass is 127. The number of para-hydroxylation sites is 2. The van der Waals surface area contributed by atoms with E-state index in [1.807, 2.05) is 71.8 Å².